The average molecular weight is 286 g/mol. The van der Waals surface area contributed by atoms with Crippen LogP contribution in [0.3, 0.4) is 0 Å². The zero-order chi connectivity index (χ0) is 15.6. The minimum Gasteiger partial charge on any atom is -0.496 e. The number of nitrogens with zero attached hydrogens (tertiary/aromatic N) is 1. The highest BCUT2D eigenvalue weighted by Gasteiger charge is 2.20. The first-order valence-electron chi connectivity index (χ1n) is 6.59. The van der Waals surface area contributed by atoms with E-state index >= 15 is 0 Å². The third kappa shape index (κ3) is 2.87. The summed E-state index contributed by atoms with van der Waals surface area (Å²) in [5.41, 5.74) is 10.1. The second kappa shape index (κ2) is 5.93. The molecular formula is C16H18N2O3. The van der Waals surface area contributed by atoms with E-state index in [1.807, 2.05) is 32.0 Å². The molecule has 5 heteroatoms. The monoisotopic (exact) mass is 286 g/mol. The van der Waals surface area contributed by atoms with E-state index in [1.54, 1.807) is 6.07 Å². The van der Waals surface area contributed by atoms with E-state index in [0.717, 1.165) is 16.7 Å². The lowest BCUT2D eigenvalue weighted by Crippen LogP contribution is -2.15. The van der Waals surface area contributed by atoms with Crippen LogP contribution in [0.2, 0.25) is 0 Å². The van der Waals surface area contributed by atoms with E-state index in [-0.39, 0.29) is 5.69 Å². The highest BCUT2D eigenvalue weighted by atomic mass is 16.6. The number of aryl methyl sites for hydroxylation is 1. The fourth-order valence-electron chi connectivity index (χ4n) is 2.36. The van der Waals surface area contributed by atoms with Gasteiger partial charge < -0.3 is 10.5 Å². The number of rotatable bonds is 4. The molecule has 0 saturated carbocycles. The maximum absolute atomic E-state index is 11.0. The Kier molecular flexibility index (Phi) is 4.23. The minimum atomic E-state index is -0.472. The van der Waals surface area contributed by atoms with Crippen molar-refractivity contribution in [3.8, 4) is 5.75 Å². The van der Waals surface area contributed by atoms with Gasteiger partial charge in [0.05, 0.1) is 18.1 Å². The number of benzene rings is 2. The van der Waals surface area contributed by atoms with Crippen LogP contribution in [0, 0.1) is 24.0 Å². The molecule has 21 heavy (non-hydrogen) atoms. The van der Waals surface area contributed by atoms with Gasteiger partial charge in [0.1, 0.15) is 5.75 Å². The number of non-ortho nitro benzene ring substituents is 1. The lowest BCUT2D eigenvalue weighted by molar-refractivity contribution is -0.384. The van der Waals surface area contributed by atoms with Crippen LogP contribution in [0.1, 0.15) is 28.3 Å². The molecule has 5 nitrogen and oxygen atoms in total. The van der Waals surface area contributed by atoms with Gasteiger partial charge in [0.15, 0.2) is 0 Å². The molecule has 2 N–H and O–H groups in total. The van der Waals surface area contributed by atoms with Crippen LogP contribution >= 0.6 is 0 Å². The van der Waals surface area contributed by atoms with Crippen molar-refractivity contribution in [3.63, 3.8) is 0 Å². The van der Waals surface area contributed by atoms with Crippen molar-refractivity contribution >= 4 is 5.69 Å². The van der Waals surface area contributed by atoms with Crippen molar-refractivity contribution in [2.45, 2.75) is 19.9 Å². The second-order valence-electron chi connectivity index (χ2n) is 4.95. The molecule has 0 bridgehead atoms. The molecule has 0 heterocycles. The van der Waals surface area contributed by atoms with Gasteiger partial charge in [0.25, 0.3) is 5.69 Å². The number of hydrogen-bond donors (Lipinski definition) is 1. The normalized spacial score (nSPS) is 12.0. The van der Waals surface area contributed by atoms with Crippen LogP contribution in [0.4, 0.5) is 5.69 Å². The number of nitrogens with two attached hydrogens (primary N) is 1. The number of methoxy groups -OCH3 is 1. The van der Waals surface area contributed by atoms with E-state index in [2.05, 4.69) is 0 Å². The fraction of sp³-hybridized carbons (Fsp3) is 0.250. The van der Waals surface area contributed by atoms with Crippen LogP contribution in [0.5, 0.6) is 5.75 Å². The molecule has 0 amide bonds. The zero-order valence-corrected chi connectivity index (χ0v) is 12.3. The highest BCUT2D eigenvalue weighted by molar-refractivity contribution is 5.50. The summed E-state index contributed by atoms with van der Waals surface area (Å²) in [6.45, 7) is 4.00. The molecular weight excluding hydrogens is 268 g/mol. The summed E-state index contributed by atoms with van der Waals surface area (Å²) in [6, 6.07) is 9.88. The van der Waals surface area contributed by atoms with Gasteiger partial charge in [-0.25, -0.2) is 0 Å². The van der Waals surface area contributed by atoms with Crippen LogP contribution in [-0.2, 0) is 0 Å². The minimum absolute atomic E-state index is 0.00607. The van der Waals surface area contributed by atoms with Crippen molar-refractivity contribution in [3.05, 3.63) is 68.8 Å². The Bertz CT molecular complexity index is 683. The van der Waals surface area contributed by atoms with Crippen molar-refractivity contribution in [2.75, 3.05) is 7.11 Å². The molecule has 0 radical (unpaired) electrons. The third-order valence-corrected chi connectivity index (χ3v) is 3.74. The van der Waals surface area contributed by atoms with Gasteiger partial charge in [-0.3, -0.25) is 10.1 Å². The predicted molar refractivity (Wildman–Crippen MR) is 81.6 cm³/mol. The standard InChI is InChI=1S/C16H18N2O3/c1-10-5-4-6-13(11(10)2)16(17)14-9-12(18(19)20)7-8-15(14)21-3/h4-9,16H,17H2,1-3H3. The smallest absolute Gasteiger partial charge is 0.270 e. The molecule has 2 aromatic rings. The number of nitro benzene ring substituents is 1. The van der Waals surface area contributed by atoms with Gasteiger partial charge >= 0.3 is 0 Å². The first-order chi connectivity index (χ1) is 9.95. The topological polar surface area (TPSA) is 78.4 Å². The summed E-state index contributed by atoms with van der Waals surface area (Å²) < 4.78 is 5.29. The van der Waals surface area contributed by atoms with Gasteiger partial charge in [-0.15, -0.1) is 0 Å². The second-order valence-corrected chi connectivity index (χ2v) is 4.95. The van der Waals surface area contributed by atoms with Crippen molar-refractivity contribution in [2.24, 2.45) is 5.73 Å². The van der Waals surface area contributed by atoms with E-state index in [1.165, 1.54) is 19.2 Å². The predicted octanol–water partition coefficient (Wildman–Crippen LogP) is 3.27. The maximum atomic E-state index is 11.0. The van der Waals surface area contributed by atoms with Crippen LogP contribution < -0.4 is 10.5 Å². The average Bonchev–Trinajstić information content (AvgIpc) is 2.48. The quantitative estimate of drug-likeness (QED) is 0.691. The van der Waals surface area contributed by atoms with Crippen LogP contribution in [0.15, 0.2) is 36.4 Å². The zero-order valence-electron chi connectivity index (χ0n) is 12.3. The lowest BCUT2D eigenvalue weighted by Gasteiger charge is -2.19. The maximum Gasteiger partial charge on any atom is 0.270 e. The Morgan fingerprint density at radius 3 is 2.52 bits per heavy atom. The van der Waals surface area contributed by atoms with E-state index < -0.39 is 11.0 Å². The molecule has 1 atom stereocenters. The molecule has 0 fully saturated rings. The summed E-state index contributed by atoms with van der Waals surface area (Å²) in [7, 11) is 1.53. The Hall–Kier alpha value is -2.40. The van der Waals surface area contributed by atoms with Crippen molar-refractivity contribution in [1.82, 2.24) is 0 Å². The number of nitro groups is 1. The largest absolute Gasteiger partial charge is 0.496 e. The summed E-state index contributed by atoms with van der Waals surface area (Å²) in [4.78, 5) is 10.5. The Morgan fingerprint density at radius 2 is 1.90 bits per heavy atom. The summed E-state index contributed by atoms with van der Waals surface area (Å²) in [6.07, 6.45) is 0. The third-order valence-electron chi connectivity index (χ3n) is 3.74. The lowest BCUT2D eigenvalue weighted by atomic mass is 9.92. The summed E-state index contributed by atoms with van der Waals surface area (Å²) in [5.74, 6) is 0.550. The Labute approximate surface area is 123 Å². The number of hydrogen-bond acceptors (Lipinski definition) is 4. The van der Waals surface area contributed by atoms with E-state index in [9.17, 15) is 10.1 Å². The molecule has 0 spiro atoms. The van der Waals surface area contributed by atoms with E-state index in [4.69, 9.17) is 10.5 Å². The molecule has 0 saturated heterocycles. The van der Waals surface area contributed by atoms with Gasteiger partial charge in [-0.2, -0.15) is 0 Å². The molecule has 110 valence electrons. The molecule has 0 aliphatic heterocycles. The molecule has 2 aromatic carbocycles. The molecule has 0 aromatic heterocycles. The summed E-state index contributed by atoms with van der Waals surface area (Å²) >= 11 is 0. The summed E-state index contributed by atoms with van der Waals surface area (Å²) in [5, 5.41) is 11.0. The molecule has 2 rings (SSSR count). The van der Waals surface area contributed by atoms with Gasteiger partial charge in [-0.1, -0.05) is 18.2 Å². The van der Waals surface area contributed by atoms with Gasteiger partial charge in [0.2, 0.25) is 0 Å². The van der Waals surface area contributed by atoms with Gasteiger partial charge in [-0.05, 0) is 36.6 Å². The SMILES string of the molecule is COc1ccc([N+](=O)[O-])cc1C(N)c1cccc(C)c1C. The van der Waals surface area contributed by atoms with Crippen molar-refractivity contribution < 1.29 is 9.66 Å². The first kappa shape index (κ1) is 15.0. The van der Waals surface area contributed by atoms with Crippen LogP contribution in [-0.4, -0.2) is 12.0 Å². The van der Waals surface area contributed by atoms with Crippen molar-refractivity contribution in [1.29, 1.82) is 0 Å². The highest BCUT2D eigenvalue weighted by Crippen LogP contribution is 2.33. The fourth-order valence-corrected chi connectivity index (χ4v) is 2.36. The Balaban J connectivity index is 2.56. The van der Waals surface area contributed by atoms with Crippen LogP contribution in [0.25, 0.3) is 0 Å². The first-order valence-corrected chi connectivity index (χ1v) is 6.59. The van der Waals surface area contributed by atoms with Gasteiger partial charge in [0, 0.05) is 17.7 Å². The van der Waals surface area contributed by atoms with E-state index in [0.29, 0.717) is 11.3 Å². The molecule has 1 unspecified atom stereocenters. The molecule has 0 aliphatic carbocycles. The molecule has 0 aliphatic rings. The Morgan fingerprint density at radius 1 is 1.19 bits per heavy atom. The number of ether oxygens (including phenoxy) is 1.